The predicted octanol–water partition coefficient (Wildman–Crippen LogP) is 7.40. The van der Waals surface area contributed by atoms with Crippen LogP contribution in [0.25, 0.3) is 11.1 Å². The summed E-state index contributed by atoms with van der Waals surface area (Å²) in [6.45, 7) is 9.36. The Morgan fingerprint density at radius 2 is 1.54 bits per heavy atom. The molecule has 0 fully saturated rings. The van der Waals surface area contributed by atoms with E-state index in [-0.39, 0.29) is 11.0 Å². The molecule has 198 valence electrons. The van der Waals surface area contributed by atoms with E-state index in [1.807, 2.05) is 31.2 Å². The number of carbonyl (C=O) groups is 1. The fourth-order valence-electron chi connectivity index (χ4n) is 4.73. The minimum atomic E-state index is -1.01. The number of aliphatic hydroxyl groups is 1. The monoisotopic (exact) mass is 517 g/mol. The van der Waals surface area contributed by atoms with Gasteiger partial charge in [-0.1, -0.05) is 93.3 Å². The van der Waals surface area contributed by atoms with Crippen molar-refractivity contribution in [2.45, 2.75) is 45.6 Å². The van der Waals surface area contributed by atoms with Gasteiger partial charge in [-0.25, -0.2) is 4.79 Å². The lowest BCUT2D eigenvalue weighted by Crippen LogP contribution is -2.19. The Morgan fingerprint density at radius 1 is 0.923 bits per heavy atom. The smallest absolute Gasteiger partial charge is 0.335 e. The van der Waals surface area contributed by atoms with Gasteiger partial charge in [0.1, 0.15) is 6.10 Å². The number of aromatic carboxylic acids is 1. The van der Waals surface area contributed by atoms with Crippen LogP contribution in [0.5, 0.6) is 0 Å². The fourth-order valence-corrected chi connectivity index (χ4v) is 4.73. The predicted molar refractivity (Wildman–Crippen MR) is 159 cm³/mol. The molecule has 1 unspecified atom stereocenters. The van der Waals surface area contributed by atoms with Crippen LogP contribution in [0, 0.1) is 18.8 Å². The molecule has 39 heavy (non-hydrogen) atoms. The van der Waals surface area contributed by atoms with Crippen LogP contribution in [0.4, 0.5) is 5.69 Å². The molecule has 4 aromatic rings. The molecule has 4 aromatic carbocycles. The Bertz CT molecular complexity index is 1490. The van der Waals surface area contributed by atoms with Gasteiger partial charge in [-0.2, -0.15) is 0 Å². The van der Waals surface area contributed by atoms with Crippen LogP contribution in [-0.2, 0) is 11.8 Å². The van der Waals surface area contributed by atoms with Crippen LogP contribution >= 0.6 is 0 Å². The van der Waals surface area contributed by atoms with E-state index in [1.54, 1.807) is 12.1 Å². The first kappa shape index (κ1) is 27.7. The molecule has 3 N–H and O–H groups in total. The maximum absolute atomic E-state index is 11.3. The summed E-state index contributed by atoms with van der Waals surface area (Å²) in [5.74, 6) is 5.02. The number of aliphatic hydroxyl groups excluding tert-OH is 1. The zero-order valence-corrected chi connectivity index (χ0v) is 23.0. The van der Waals surface area contributed by atoms with Gasteiger partial charge >= 0.3 is 5.97 Å². The summed E-state index contributed by atoms with van der Waals surface area (Å²) < 4.78 is 0. The average Bonchev–Trinajstić information content (AvgIpc) is 2.92. The minimum absolute atomic E-state index is 0.194. The SMILES string of the molecule is Cc1c(C(O)C#Cc2ccc(C(=O)O)cc2)cc(C(C)(C)C)c(NCCc2ccccc2)c1-c1ccccc1. The first-order valence-corrected chi connectivity index (χ1v) is 13.2. The molecule has 1 atom stereocenters. The zero-order chi connectivity index (χ0) is 28.0. The maximum Gasteiger partial charge on any atom is 0.335 e. The molecule has 0 bridgehead atoms. The van der Waals surface area contributed by atoms with Gasteiger partial charge in [0.25, 0.3) is 0 Å². The molecule has 4 rings (SSSR count). The van der Waals surface area contributed by atoms with Crippen LogP contribution in [0.3, 0.4) is 0 Å². The zero-order valence-electron chi connectivity index (χ0n) is 23.0. The van der Waals surface area contributed by atoms with Crippen molar-refractivity contribution >= 4 is 11.7 Å². The van der Waals surface area contributed by atoms with Crippen molar-refractivity contribution in [1.29, 1.82) is 0 Å². The van der Waals surface area contributed by atoms with Crippen molar-refractivity contribution in [2.24, 2.45) is 0 Å². The van der Waals surface area contributed by atoms with Gasteiger partial charge in [0.2, 0.25) is 0 Å². The molecule has 0 aliphatic heterocycles. The van der Waals surface area contributed by atoms with Gasteiger partial charge in [-0.15, -0.1) is 0 Å². The Labute approximate surface area is 231 Å². The summed E-state index contributed by atoms with van der Waals surface area (Å²) in [6, 6.07) is 29.1. The van der Waals surface area contributed by atoms with Crippen molar-refractivity contribution in [3.8, 4) is 23.0 Å². The quantitative estimate of drug-likeness (QED) is 0.224. The largest absolute Gasteiger partial charge is 0.478 e. The van der Waals surface area contributed by atoms with Gasteiger partial charge in [0.15, 0.2) is 0 Å². The first-order valence-electron chi connectivity index (χ1n) is 13.2. The highest BCUT2D eigenvalue weighted by Crippen LogP contribution is 2.42. The summed E-state index contributed by atoms with van der Waals surface area (Å²) >= 11 is 0. The van der Waals surface area contributed by atoms with Gasteiger partial charge in [0.05, 0.1) is 5.56 Å². The number of carboxylic acids is 1. The molecule has 0 aliphatic rings. The van der Waals surface area contributed by atoms with Crippen LogP contribution < -0.4 is 5.32 Å². The summed E-state index contributed by atoms with van der Waals surface area (Å²) in [4.78, 5) is 11.1. The van der Waals surface area contributed by atoms with E-state index in [9.17, 15) is 9.90 Å². The second-order valence-corrected chi connectivity index (χ2v) is 10.7. The lowest BCUT2D eigenvalue weighted by molar-refractivity contribution is 0.0697. The van der Waals surface area contributed by atoms with E-state index < -0.39 is 12.1 Å². The third kappa shape index (κ3) is 6.76. The molecule has 0 aliphatic carbocycles. The van der Waals surface area contributed by atoms with Crippen molar-refractivity contribution in [2.75, 3.05) is 11.9 Å². The van der Waals surface area contributed by atoms with Crippen molar-refractivity contribution in [3.05, 3.63) is 124 Å². The molecule has 0 heterocycles. The first-order chi connectivity index (χ1) is 18.6. The summed E-state index contributed by atoms with van der Waals surface area (Å²) in [5.41, 5.74) is 8.01. The number of hydrogen-bond acceptors (Lipinski definition) is 3. The highest BCUT2D eigenvalue weighted by atomic mass is 16.4. The van der Waals surface area contributed by atoms with Crippen molar-refractivity contribution < 1.29 is 15.0 Å². The van der Waals surface area contributed by atoms with E-state index in [0.717, 1.165) is 46.5 Å². The Kier molecular flexibility index (Phi) is 8.54. The lowest BCUT2D eigenvalue weighted by Gasteiger charge is -2.29. The Balaban J connectivity index is 1.77. The number of anilines is 1. The third-order valence-corrected chi connectivity index (χ3v) is 6.84. The molecule has 0 spiro atoms. The van der Waals surface area contributed by atoms with E-state index in [2.05, 4.69) is 80.4 Å². The molecule has 0 saturated heterocycles. The Hall–Kier alpha value is -4.33. The van der Waals surface area contributed by atoms with Crippen LogP contribution in [0.2, 0.25) is 0 Å². The molecular weight excluding hydrogens is 482 g/mol. The van der Waals surface area contributed by atoms with Crippen LogP contribution in [0.1, 0.15) is 65.1 Å². The number of nitrogens with one attached hydrogen (secondary N) is 1. The van der Waals surface area contributed by atoms with Crippen LogP contribution in [0.15, 0.2) is 91.0 Å². The number of hydrogen-bond donors (Lipinski definition) is 3. The number of carboxylic acid groups (broad SMARTS) is 1. The molecule has 0 radical (unpaired) electrons. The molecule has 4 nitrogen and oxygen atoms in total. The highest BCUT2D eigenvalue weighted by Gasteiger charge is 2.26. The molecule has 0 saturated carbocycles. The lowest BCUT2D eigenvalue weighted by atomic mass is 9.79. The van der Waals surface area contributed by atoms with E-state index in [4.69, 9.17) is 5.11 Å². The standard InChI is InChI=1S/C35H35NO3/c1-24-29(31(37)20-17-26-15-18-28(19-16-26)34(38)39)23-30(35(2,3)4)33(32(24)27-13-9-6-10-14-27)36-22-21-25-11-7-5-8-12-25/h5-16,18-19,23,31,36-37H,21-22H2,1-4H3,(H,38,39). The van der Waals surface area contributed by atoms with Gasteiger partial charge in [-0.3, -0.25) is 0 Å². The molecule has 0 amide bonds. The third-order valence-electron chi connectivity index (χ3n) is 6.84. The second kappa shape index (κ2) is 12.0. The highest BCUT2D eigenvalue weighted by molar-refractivity contribution is 5.87. The molecular formula is C35H35NO3. The van der Waals surface area contributed by atoms with Crippen molar-refractivity contribution in [3.63, 3.8) is 0 Å². The summed E-state index contributed by atoms with van der Waals surface area (Å²) in [6.07, 6.45) is -0.111. The maximum atomic E-state index is 11.3. The summed E-state index contributed by atoms with van der Waals surface area (Å²) in [5, 5.41) is 24.2. The summed E-state index contributed by atoms with van der Waals surface area (Å²) in [7, 11) is 0. The van der Waals surface area contributed by atoms with E-state index in [0.29, 0.717) is 5.56 Å². The average molecular weight is 518 g/mol. The van der Waals surface area contributed by atoms with E-state index >= 15 is 0 Å². The van der Waals surface area contributed by atoms with Gasteiger partial charge in [0, 0.05) is 23.4 Å². The van der Waals surface area contributed by atoms with E-state index in [1.165, 1.54) is 17.7 Å². The minimum Gasteiger partial charge on any atom is -0.478 e. The van der Waals surface area contributed by atoms with Crippen LogP contribution in [-0.4, -0.2) is 22.7 Å². The number of benzene rings is 4. The topological polar surface area (TPSA) is 69.6 Å². The molecule has 4 heteroatoms. The fraction of sp³-hybridized carbons (Fsp3) is 0.229. The Morgan fingerprint density at radius 3 is 2.13 bits per heavy atom. The molecule has 0 aromatic heterocycles. The normalized spacial score (nSPS) is 11.8. The number of rotatable bonds is 7. The van der Waals surface area contributed by atoms with Gasteiger partial charge in [-0.05, 0) is 76.9 Å². The van der Waals surface area contributed by atoms with Crippen molar-refractivity contribution in [1.82, 2.24) is 0 Å². The van der Waals surface area contributed by atoms with Gasteiger partial charge < -0.3 is 15.5 Å². The second-order valence-electron chi connectivity index (χ2n) is 10.7.